The summed E-state index contributed by atoms with van der Waals surface area (Å²) in [6, 6.07) is 20.6. The number of benzene rings is 3. The normalized spacial score (nSPS) is 10.7. The maximum atomic E-state index is 12.4. The number of hydrogen-bond donors (Lipinski definition) is 0. The van der Waals surface area contributed by atoms with Gasteiger partial charge in [0.25, 0.3) is 0 Å². The van der Waals surface area contributed by atoms with Crippen LogP contribution in [-0.2, 0) is 4.79 Å². The standard InChI is InChI=1S/C24H24N2O4/c1-17(27)26(19-10-6-5-7-11-19)21-13-9-8-12-20(21)25-16-18-14-22(28-2)24(30-4)23(15-18)29-3/h5-16H,1-4H3. The van der Waals surface area contributed by atoms with Crippen LogP contribution in [0.1, 0.15) is 12.5 Å². The van der Waals surface area contributed by atoms with Crippen molar-refractivity contribution in [1.29, 1.82) is 0 Å². The van der Waals surface area contributed by atoms with E-state index in [0.717, 1.165) is 11.3 Å². The summed E-state index contributed by atoms with van der Waals surface area (Å²) in [4.78, 5) is 18.7. The number of ether oxygens (including phenoxy) is 3. The summed E-state index contributed by atoms with van der Waals surface area (Å²) < 4.78 is 16.2. The summed E-state index contributed by atoms with van der Waals surface area (Å²) in [6.07, 6.45) is 1.70. The van der Waals surface area contributed by atoms with Gasteiger partial charge in [0.15, 0.2) is 11.5 Å². The van der Waals surface area contributed by atoms with Gasteiger partial charge in [-0.15, -0.1) is 0 Å². The van der Waals surface area contributed by atoms with Crippen molar-refractivity contribution >= 4 is 29.2 Å². The van der Waals surface area contributed by atoms with Gasteiger partial charge in [0.1, 0.15) is 0 Å². The van der Waals surface area contributed by atoms with Gasteiger partial charge in [0.2, 0.25) is 11.7 Å². The summed E-state index contributed by atoms with van der Waals surface area (Å²) in [6.45, 7) is 1.53. The molecule has 0 unspecified atom stereocenters. The lowest BCUT2D eigenvalue weighted by molar-refractivity contribution is -0.115. The Morgan fingerprint density at radius 3 is 2.03 bits per heavy atom. The molecule has 0 heterocycles. The fourth-order valence-electron chi connectivity index (χ4n) is 3.15. The van der Waals surface area contributed by atoms with E-state index in [1.54, 1.807) is 32.4 Å². The lowest BCUT2D eigenvalue weighted by atomic mass is 10.2. The lowest BCUT2D eigenvalue weighted by Crippen LogP contribution is -2.22. The van der Waals surface area contributed by atoms with Crippen molar-refractivity contribution in [2.75, 3.05) is 26.2 Å². The molecule has 0 fully saturated rings. The molecular formula is C24H24N2O4. The summed E-state index contributed by atoms with van der Waals surface area (Å²) in [5.41, 5.74) is 2.90. The Bertz CT molecular complexity index is 1020. The minimum absolute atomic E-state index is 0.100. The van der Waals surface area contributed by atoms with Crippen molar-refractivity contribution < 1.29 is 19.0 Å². The van der Waals surface area contributed by atoms with Crippen molar-refractivity contribution in [3.63, 3.8) is 0 Å². The van der Waals surface area contributed by atoms with Crippen LogP contribution in [0.25, 0.3) is 0 Å². The molecular weight excluding hydrogens is 380 g/mol. The zero-order chi connectivity index (χ0) is 21.5. The molecule has 0 radical (unpaired) electrons. The highest BCUT2D eigenvalue weighted by Crippen LogP contribution is 2.38. The van der Waals surface area contributed by atoms with Crippen LogP contribution in [0.15, 0.2) is 71.7 Å². The van der Waals surface area contributed by atoms with Crippen LogP contribution in [0.2, 0.25) is 0 Å². The van der Waals surface area contributed by atoms with E-state index in [1.807, 2.05) is 66.7 Å². The van der Waals surface area contributed by atoms with Crippen LogP contribution in [0.4, 0.5) is 17.1 Å². The number of amides is 1. The molecule has 0 bridgehead atoms. The molecule has 154 valence electrons. The first-order valence-corrected chi connectivity index (χ1v) is 9.38. The molecule has 3 rings (SSSR count). The molecule has 0 aliphatic rings. The van der Waals surface area contributed by atoms with Crippen LogP contribution in [0.3, 0.4) is 0 Å². The first-order chi connectivity index (χ1) is 14.6. The smallest absolute Gasteiger partial charge is 0.228 e. The molecule has 3 aromatic rings. The number of methoxy groups -OCH3 is 3. The largest absolute Gasteiger partial charge is 0.493 e. The van der Waals surface area contributed by atoms with Gasteiger partial charge in [-0.3, -0.25) is 14.7 Å². The number of anilines is 2. The minimum Gasteiger partial charge on any atom is -0.493 e. The van der Waals surface area contributed by atoms with Gasteiger partial charge in [-0.2, -0.15) is 0 Å². The highest BCUT2D eigenvalue weighted by molar-refractivity contribution is 6.02. The van der Waals surface area contributed by atoms with Crippen LogP contribution in [0.5, 0.6) is 17.2 Å². The van der Waals surface area contributed by atoms with Gasteiger partial charge in [-0.25, -0.2) is 0 Å². The Labute approximate surface area is 176 Å². The van der Waals surface area contributed by atoms with Crippen LogP contribution >= 0.6 is 0 Å². The zero-order valence-electron chi connectivity index (χ0n) is 17.5. The Balaban J connectivity index is 2.03. The van der Waals surface area contributed by atoms with Crippen LogP contribution in [-0.4, -0.2) is 33.5 Å². The molecule has 0 atom stereocenters. The average molecular weight is 404 g/mol. The fraction of sp³-hybridized carbons (Fsp3) is 0.167. The number of carbonyl (C=O) groups excluding carboxylic acids is 1. The second-order valence-electron chi connectivity index (χ2n) is 6.40. The maximum absolute atomic E-state index is 12.4. The number of para-hydroxylation sites is 3. The molecule has 3 aromatic carbocycles. The van der Waals surface area contributed by atoms with Crippen LogP contribution < -0.4 is 19.1 Å². The molecule has 0 aromatic heterocycles. The number of carbonyl (C=O) groups is 1. The highest BCUT2D eigenvalue weighted by atomic mass is 16.5. The van der Waals surface area contributed by atoms with Gasteiger partial charge >= 0.3 is 0 Å². The van der Waals surface area contributed by atoms with Crippen molar-refractivity contribution in [3.05, 3.63) is 72.3 Å². The monoisotopic (exact) mass is 404 g/mol. The molecule has 0 aliphatic heterocycles. The second kappa shape index (κ2) is 9.60. The third-order valence-corrected chi connectivity index (χ3v) is 4.49. The van der Waals surface area contributed by atoms with E-state index in [2.05, 4.69) is 4.99 Å². The first-order valence-electron chi connectivity index (χ1n) is 9.38. The second-order valence-corrected chi connectivity index (χ2v) is 6.40. The summed E-state index contributed by atoms with van der Waals surface area (Å²) in [5.74, 6) is 1.50. The van der Waals surface area contributed by atoms with Crippen molar-refractivity contribution in [3.8, 4) is 17.2 Å². The van der Waals surface area contributed by atoms with E-state index in [0.29, 0.717) is 28.6 Å². The third-order valence-electron chi connectivity index (χ3n) is 4.49. The molecule has 6 nitrogen and oxygen atoms in total. The Hall–Kier alpha value is -3.80. The van der Waals surface area contributed by atoms with E-state index in [-0.39, 0.29) is 5.91 Å². The van der Waals surface area contributed by atoms with Gasteiger partial charge in [0, 0.05) is 24.4 Å². The van der Waals surface area contributed by atoms with E-state index in [9.17, 15) is 4.79 Å². The summed E-state index contributed by atoms with van der Waals surface area (Å²) in [7, 11) is 4.69. The molecule has 0 aliphatic carbocycles. The molecule has 6 heteroatoms. The lowest BCUT2D eigenvalue weighted by Gasteiger charge is -2.22. The van der Waals surface area contributed by atoms with Crippen LogP contribution in [0, 0.1) is 0 Å². The van der Waals surface area contributed by atoms with Gasteiger partial charge in [-0.05, 0) is 36.4 Å². The predicted octanol–water partition coefficient (Wildman–Crippen LogP) is 5.15. The predicted molar refractivity (Wildman–Crippen MR) is 119 cm³/mol. The maximum Gasteiger partial charge on any atom is 0.228 e. The van der Waals surface area contributed by atoms with Gasteiger partial charge < -0.3 is 14.2 Å². The van der Waals surface area contributed by atoms with Gasteiger partial charge in [0.05, 0.1) is 32.7 Å². The number of aliphatic imine (C=N–C) groups is 1. The van der Waals surface area contributed by atoms with E-state index in [4.69, 9.17) is 14.2 Å². The molecule has 0 saturated carbocycles. The molecule has 1 amide bonds. The molecule has 0 N–H and O–H groups in total. The Kier molecular flexibility index (Phi) is 6.70. The quantitative estimate of drug-likeness (QED) is 0.511. The zero-order valence-corrected chi connectivity index (χ0v) is 17.5. The first kappa shape index (κ1) is 20.9. The SMILES string of the molecule is COc1cc(C=Nc2ccccc2N(C(C)=O)c2ccccc2)cc(OC)c1OC. The topological polar surface area (TPSA) is 60.4 Å². The Morgan fingerprint density at radius 2 is 1.47 bits per heavy atom. The fourth-order valence-corrected chi connectivity index (χ4v) is 3.15. The summed E-state index contributed by atoms with van der Waals surface area (Å²) in [5, 5.41) is 0. The molecule has 30 heavy (non-hydrogen) atoms. The Morgan fingerprint density at radius 1 is 0.867 bits per heavy atom. The number of nitrogens with zero attached hydrogens (tertiary/aromatic N) is 2. The van der Waals surface area contributed by atoms with E-state index < -0.39 is 0 Å². The summed E-state index contributed by atoms with van der Waals surface area (Å²) >= 11 is 0. The average Bonchev–Trinajstić information content (AvgIpc) is 2.78. The highest BCUT2D eigenvalue weighted by Gasteiger charge is 2.17. The van der Waals surface area contributed by atoms with Gasteiger partial charge in [-0.1, -0.05) is 30.3 Å². The molecule has 0 saturated heterocycles. The van der Waals surface area contributed by atoms with E-state index in [1.165, 1.54) is 6.92 Å². The minimum atomic E-state index is -0.100. The molecule has 0 spiro atoms. The third kappa shape index (κ3) is 4.43. The number of rotatable bonds is 7. The van der Waals surface area contributed by atoms with Crippen molar-refractivity contribution in [2.45, 2.75) is 6.92 Å². The van der Waals surface area contributed by atoms with E-state index >= 15 is 0 Å². The van der Waals surface area contributed by atoms with Crippen molar-refractivity contribution in [1.82, 2.24) is 0 Å². The number of hydrogen-bond acceptors (Lipinski definition) is 5. The van der Waals surface area contributed by atoms with Crippen molar-refractivity contribution in [2.24, 2.45) is 4.99 Å².